The van der Waals surface area contributed by atoms with Gasteiger partial charge in [0.2, 0.25) is 11.8 Å². The van der Waals surface area contributed by atoms with Gasteiger partial charge in [-0.1, -0.05) is 73.3 Å². The number of nitrogens with zero attached hydrogens (tertiary/aromatic N) is 5. The molecule has 11 heteroatoms. The highest BCUT2D eigenvalue weighted by atomic mass is 16.6. The van der Waals surface area contributed by atoms with Crippen molar-refractivity contribution in [3.05, 3.63) is 85.5 Å². The van der Waals surface area contributed by atoms with E-state index in [1.165, 1.54) is 11.0 Å². The van der Waals surface area contributed by atoms with Gasteiger partial charge in [-0.2, -0.15) is 0 Å². The molecule has 2 bridgehead atoms. The van der Waals surface area contributed by atoms with Crippen LogP contribution in [0.5, 0.6) is 0 Å². The molecule has 11 nitrogen and oxygen atoms in total. The Morgan fingerprint density at radius 3 is 2.61 bits per heavy atom. The number of aliphatic hydroxyl groups excluding tert-OH is 1. The van der Waals surface area contributed by atoms with Crippen molar-refractivity contribution >= 4 is 28.8 Å². The van der Waals surface area contributed by atoms with E-state index in [1.807, 2.05) is 61.5 Å². The van der Waals surface area contributed by atoms with Gasteiger partial charge < -0.3 is 24.4 Å². The fraction of sp³-hybridized carbons (Fsp3) is 0.424. The lowest BCUT2D eigenvalue weighted by molar-refractivity contribution is -0.163. The van der Waals surface area contributed by atoms with Gasteiger partial charge in [-0.25, -0.2) is 4.68 Å². The Morgan fingerprint density at radius 2 is 1.91 bits per heavy atom. The van der Waals surface area contributed by atoms with E-state index in [9.17, 15) is 19.5 Å². The van der Waals surface area contributed by atoms with Crippen LogP contribution in [0.25, 0.3) is 11.0 Å². The van der Waals surface area contributed by atoms with E-state index in [2.05, 4.69) is 23.5 Å². The van der Waals surface area contributed by atoms with Crippen molar-refractivity contribution in [3.8, 4) is 0 Å². The SMILES string of the molecule is C=CCOC(=O)[C@@H]1[C@H]2C(=O)N([C@H](CO)c3ccccc3)C(C(=O)N(CC=C)Cn3nnc4ccccc43)C23CC[C@@]1(CC)O3. The highest BCUT2D eigenvalue weighted by Gasteiger charge is 2.79. The summed E-state index contributed by atoms with van der Waals surface area (Å²) < 4.78 is 14.0. The molecule has 3 aromatic rings. The molecule has 0 radical (unpaired) electrons. The van der Waals surface area contributed by atoms with Gasteiger partial charge in [-0.15, -0.1) is 11.7 Å². The van der Waals surface area contributed by atoms with Gasteiger partial charge in [0.15, 0.2) is 0 Å². The molecule has 3 aliphatic heterocycles. The van der Waals surface area contributed by atoms with E-state index in [0.29, 0.717) is 30.3 Å². The first-order valence-electron chi connectivity index (χ1n) is 15.0. The summed E-state index contributed by atoms with van der Waals surface area (Å²) in [5.74, 6) is -3.21. The van der Waals surface area contributed by atoms with Crippen LogP contribution in [0.2, 0.25) is 0 Å². The zero-order valence-electron chi connectivity index (χ0n) is 24.7. The third-order valence-electron chi connectivity index (χ3n) is 9.53. The second kappa shape index (κ2) is 11.6. The summed E-state index contributed by atoms with van der Waals surface area (Å²) >= 11 is 0. The fourth-order valence-corrected chi connectivity index (χ4v) is 7.62. The molecule has 2 unspecified atom stereocenters. The number of fused-ring (bicyclic) bond motifs is 2. The van der Waals surface area contributed by atoms with Crippen LogP contribution in [-0.2, 0) is 30.5 Å². The Morgan fingerprint density at radius 1 is 1.16 bits per heavy atom. The number of likely N-dealkylation sites (tertiary alicyclic amines) is 1. The van der Waals surface area contributed by atoms with Crippen molar-refractivity contribution in [2.45, 2.75) is 56.1 Å². The molecule has 3 fully saturated rings. The first-order valence-corrected chi connectivity index (χ1v) is 15.0. The predicted molar refractivity (Wildman–Crippen MR) is 161 cm³/mol. The monoisotopic (exact) mass is 599 g/mol. The number of aromatic nitrogens is 3. The average molecular weight is 600 g/mol. The van der Waals surface area contributed by atoms with Crippen LogP contribution in [0.1, 0.15) is 37.8 Å². The summed E-state index contributed by atoms with van der Waals surface area (Å²) in [7, 11) is 0. The maximum atomic E-state index is 14.9. The van der Waals surface area contributed by atoms with Crippen molar-refractivity contribution in [1.29, 1.82) is 0 Å². The normalized spacial score (nSPS) is 27.7. The van der Waals surface area contributed by atoms with Crippen molar-refractivity contribution in [2.24, 2.45) is 11.8 Å². The zero-order valence-corrected chi connectivity index (χ0v) is 24.7. The maximum Gasteiger partial charge on any atom is 0.313 e. The molecule has 6 rings (SSSR count). The van der Waals surface area contributed by atoms with Crippen LogP contribution >= 0.6 is 0 Å². The second-order valence-electron chi connectivity index (χ2n) is 11.7. The van der Waals surface area contributed by atoms with Gasteiger partial charge >= 0.3 is 5.97 Å². The van der Waals surface area contributed by atoms with Gasteiger partial charge in [0.05, 0.1) is 29.7 Å². The number of hydrogen-bond donors (Lipinski definition) is 1. The number of hydrogen-bond acceptors (Lipinski definition) is 8. The van der Waals surface area contributed by atoms with Crippen LogP contribution in [0, 0.1) is 11.8 Å². The topological polar surface area (TPSA) is 127 Å². The van der Waals surface area contributed by atoms with Crippen molar-refractivity contribution in [1.82, 2.24) is 24.8 Å². The molecule has 2 amide bonds. The third-order valence-corrected chi connectivity index (χ3v) is 9.53. The molecule has 230 valence electrons. The lowest BCUT2D eigenvalue weighted by Crippen LogP contribution is -2.57. The van der Waals surface area contributed by atoms with E-state index in [-0.39, 0.29) is 25.7 Å². The minimum atomic E-state index is -1.30. The van der Waals surface area contributed by atoms with Crippen LogP contribution in [0.4, 0.5) is 0 Å². The molecule has 6 atom stereocenters. The Bertz CT molecular complexity index is 1590. The molecule has 1 spiro atoms. The minimum Gasteiger partial charge on any atom is -0.461 e. The Labute approximate surface area is 255 Å². The van der Waals surface area contributed by atoms with Crippen LogP contribution in [0.3, 0.4) is 0 Å². The third kappa shape index (κ3) is 4.45. The number of rotatable bonds is 12. The average Bonchev–Trinajstić information content (AvgIpc) is 3.78. The quantitative estimate of drug-likeness (QED) is 0.249. The smallest absolute Gasteiger partial charge is 0.313 e. The molecular weight excluding hydrogens is 562 g/mol. The number of carbonyl (C=O) groups is 3. The van der Waals surface area contributed by atoms with E-state index < -0.39 is 53.6 Å². The van der Waals surface area contributed by atoms with E-state index in [1.54, 1.807) is 15.7 Å². The summed E-state index contributed by atoms with van der Waals surface area (Å²) in [5.41, 5.74) is -0.150. The first-order chi connectivity index (χ1) is 21.4. The largest absolute Gasteiger partial charge is 0.461 e. The molecule has 2 aromatic carbocycles. The lowest BCUT2D eigenvalue weighted by Gasteiger charge is -2.39. The summed E-state index contributed by atoms with van der Waals surface area (Å²) in [6, 6.07) is 14.6. The molecule has 0 aliphatic carbocycles. The zero-order chi connectivity index (χ0) is 31.1. The Hall–Kier alpha value is -4.35. The fourth-order valence-electron chi connectivity index (χ4n) is 7.62. The van der Waals surface area contributed by atoms with Gasteiger partial charge in [-0.05, 0) is 37.0 Å². The number of esters is 1. The molecular formula is C33H37N5O6. The predicted octanol–water partition coefficient (Wildman–Crippen LogP) is 3.02. The lowest BCUT2D eigenvalue weighted by atomic mass is 9.65. The number of aliphatic hydroxyl groups is 1. The van der Waals surface area contributed by atoms with Crippen LogP contribution in [0.15, 0.2) is 79.9 Å². The number of carbonyl (C=O) groups excluding carboxylic acids is 3. The summed E-state index contributed by atoms with van der Waals surface area (Å²) in [6.07, 6.45) is 4.45. The van der Waals surface area contributed by atoms with Gasteiger partial charge in [0.1, 0.15) is 36.4 Å². The summed E-state index contributed by atoms with van der Waals surface area (Å²) in [4.78, 5) is 46.2. The maximum absolute atomic E-state index is 14.9. The minimum absolute atomic E-state index is 0.00261. The molecule has 3 saturated heterocycles. The number of benzene rings is 2. The highest BCUT2D eigenvalue weighted by molar-refractivity contribution is 5.99. The molecule has 1 N–H and O–H groups in total. The highest BCUT2D eigenvalue weighted by Crippen LogP contribution is 2.65. The molecule has 44 heavy (non-hydrogen) atoms. The summed E-state index contributed by atoms with van der Waals surface area (Å²) in [6.45, 7) is 9.21. The number of ether oxygens (including phenoxy) is 2. The van der Waals surface area contributed by atoms with Crippen molar-refractivity contribution in [2.75, 3.05) is 19.8 Å². The van der Waals surface area contributed by atoms with E-state index in [0.717, 1.165) is 5.52 Å². The molecule has 0 saturated carbocycles. The molecule has 1 aromatic heterocycles. The van der Waals surface area contributed by atoms with E-state index >= 15 is 0 Å². The number of para-hydroxylation sites is 1. The van der Waals surface area contributed by atoms with Gasteiger partial charge in [-0.3, -0.25) is 14.4 Å². The van der Waals surface area contributed by atoms with Crippen LogP contribution < -0.4 is 0 Å². The van der Waals surface area contributed by atoms with Crippen molar-refractivity contribution < 1.29 is 29.0 Å². The second-order valence-corrected chi connectivity index (χ2v) is 11.7. The Balaban J connectivity index is 1.47. The van der Waals surface area contributed by atoms with Gasteiger partial charge in [0.25, 0.3) is 0 Å². The Kier molecular flexibility index (Phi) is 7.85. The standard InChI is InChI=1S/C33H37N5O6/c1-4-18-36(21-37-24-15-11-10-14-23(24)34-35-37)30(41)28-33-17-16-32(6-3,44-33)27(31(42)43-19-5-2)26(33)29(40)38(28)25(20-39)22-12-8-7-9-13-22/h4-5,7-15,25-28,39H,1-2,6,16-21H2,3H3/t25-,26+,27+,28?,32-,33?/m1/s1. The first kappa shape index (κ1) is 29.7. The van der Waals surface area contributed by atoms with Gasteiger partial charge in [0, 0.05) is 6.54 Å². The number of amides is 2. The van der Waals surface area contributed by atoms with Crippen LogP contribution in [-0.4, -0.2) is 84.7 Å². The summed E-state index contributed by atoms with van der Waals surface area (Å²) in [5, 5.41) is 19.2. The molecule has 4 heterocycles. The van der Waals surface area contributed by atoms with E-state index in [4.69, 9.17) is 9.47 Å². The van der Waals surface area contributed by atoms with Crippen molar-refractivity contribution in [3.63, 3.8) is 0 Å². The molecule has 3 aliphatic rings.